The monoisotopic (exact) mass is 163 g/mol. The fourth-order valence-corrected chi connectivity index (χ4v) is 2.33. The first-order valence-electron chi connectivity index (χ1n) is 3.64. The van der Waals surface area contributed by atoms with Crippen LogP contribution in [-0.2, 0) is 10.0 Å². The Morgan fingerprint density at radius 3 is 2.20 bits per heavy atom. The van der Waals surface area contributed by atoms with Crippen molar-refractivity contribution in [3.05, 3.63) is 0 Å². The van der Waals surface area contributed by atoms with E-state index in [9.17, 15) is 8.42 Å². The van der Waals surface area contributed by atoms with Crippen LogP contribution in [0.25, 0.3) is 0 Å². The quantitative estimate of drug-likeness (QED) is 0.592. The first kappa shape index (κ1) is 8.01. The minimum absolute atomic E-state index is 0.243. The molecule has 0 bridgehead atoms. The highest BCUT2D eigenvalue weighted by atomic mass is 32.2. The zero-order valence-corrected chi connectivity index (χ0v) is 7.02. The molecule has 60 valence electrons. The molecule has 0 spiro atoms. The normalized spacial score (nSPS) is 21.7. The predicted molar refractivity (Wildman–Crippen MR) is 40.3 cm³/mol. The number of rotatable bonds is 2. The third-order valence-corrected chi connectivity index (χ3v) is 3.70. The highest BCUT2D eigenvalue weighted by molar-refractivity contribution is 7.89. The summed E-state index contributed by atoms with van der Waals surface area (Å²) in [5.41, 5.74) is 0. The van der Waals surface area contributed by atoms with Gasteiger partial charge in [-0.2, -0.15) is 0 Å². The van der Waals surface area contributed by atoms with Gasteiger partial charge in [-0.1, -0.05) is 0 Å². The molecule has 0 saturated carbocycles. The lowest BCUT2D eigenvalue weighted by Crippen LogP contribution is -2.29. The maximum atomic E-state index is 11.1. The molecule has 4 heteroatoms. The zero-order valence-electron chi connectivity index (χ0n) is 6.21. The number of hydrogen-bond donors (Lipinski definition) is 0. The van der Waals surface area contributed by atoms with E-state index in [-0.39, 0.29) is 5.75 Å². The Morgan fingerprint density at radius 1 is 1.30 bits per heavy atom. The topological polar surface area (TPSA) is 37.4 Å². The lowest BCUT2D eigenvalue weighted by Gasteiger charge is -2.12. The molecule has 1 aliphatic heterocycles. The van der Waals surface area contributed by atoms with Gasteiger partial charge in [0.1, 0.15) is 0 Å². The molecular weight excluding hydrogens is 150 g/mol. The highest BCUT2D eigenvalue weighted by Gasteiger charge is 2.22. The Bertz CT molecular complexity index is 192. The molecule has 0 aliphatic carbocycles. The third kappa shape index (κ3) is 1.49. The second kappa shape index (κ2) is 2.88. The van der Waals surface area contributed by atoms with Crippen LogP contribution >= 0.6 is 0 Å². The Hall–Kier alpha value is -0.0900. The summed E-state index contributed by atoms with van der Waals surface area (Å²) in [6, 6.07) is 0. The van der Waals surface area contributed by atoms with Crippen LogP contribution in [0.5, 0.6) is 0 Å². The molecule has 0 N–H and O–H groups in total. The second-order valence-corrected chi connectivity index (χ2v) is 4.76. The van der Waals surface area contributed by atoms with Crippen LogP contribution in [0.2, 0.25) is 0 Å². The molecular formula is C6H13NO2S. The molecule has 1 saturated heterocycles. The first-order chi connectivity index (χ1) is 4.67. The van der Waals surface area contributed by atoms with E-state index in [1.807, 2.05) is 0 Å². The van der Waals surface area contributed by atoms with Crippen molar-refractivity contribution in [2.75, 3.05) is 18.8 Å². The van der Waals surface area contributed by atoms with Gasteiger partial charge in [0.25, 0.3) is 0 Å². The van der Waals surface area contributed by atoms with Crippen LogP contribution in [0.3, 0.4) is 0 Å². The summed E-state index contributed by atoms with van der Waals surface area (Å²) in [6.07, 6.45) is 2.05. The summed E-state index contributed by atoms with van der Waals surface area (Å²) >= 11 is 0. The van der Waals surface area contributed by atoms with E-state index in [0.29, 0.717) is 0 Å². The van der Waals surface area contributed by atoms with Crippen LogP contribution in [0.4, 0.5) is 0 Å². The highest BCUT2D eigenvalue weighted by Crippen LogP contribution is 2.12. The maximum absolute atomic E-state index is 11.1. The molecule has 0 amide bonds. The van der Waals surface area contributed by atoms with Crippen molar-refractivity contribution in [2.45, 2.75) is 19.8 Å². The Kier molecular flexibility index (Phi) is 2.31. The van der Waals surface area contributed by atoms with Crippen molar-refractivity contribution in [3.63, 3.8) is 0 Å². The summed E-state index contributed by atoms with van der Waals surface area (Å²) in [4.78, 5) is 0. The van der Waals surface area contributed by atoms with Gasteiger partial charge >= 0.3 is 0 Å². The van der Waals surface area contributed by atoms with Gasteiger partial charge in [-0.15, -0.1) is 0 Å². The number of hydrogen-bond acceptors (Lipinski definition) is 2. The average Bonchev–Trinajstić information content (AvgIpc) is 2.38. The van der Waals surface area contributed by atoms with Gasteiger partial charge in [0.05, 0.1) is 5.75 Å². The van der Waals surface area contributed by atoms with Gasteiger partial charge in [0, 0.05) is 13.1 Å². The fourth-order valence-electron chi connectivity index (χ4n) is 1.15. The molecule has 0 aromatic rings. The molecule has 1 rings (SSSR count). The number of sulfonamides is 1. The summed E-state index contributed by atoms with van der Waals surface area (Å²) in [5.74, 6) is 0.243. The van der Waals surface area contributed by atoms with Crippen molar-refractivity contribution in [2.24, 2.45) is 0 Å². The van der Waals surface area contributed by atoms with Crippen LogP contribution in [0.1, 0.15) is 19.8 Å². The van der Waals surface area contributed by atoms with Crippen LogP contribution < -0.4 is 0 Å². The molecule has 0 radical (unpaired) electrons. The molecule has 0 atom stereocenters. The SMILES string of the molecule is CCS(=O)(=O)N1CCCC1. The fraction of sp³-hybridized carbons (Fsp3) is 1.00. The van der Waals surface area contributed by atoms with Gasteiger partial charge in [-0.05, 0) is 19.8 Å². The van der Waals surface area contributed by atoms with Gasteiger partial charge < -0.3 is 0 Å². The predicted octanol–water partition coefficient (Wildman–Crippen LogP) is 0.432. The summed E-state index contributed by atoms with van der Waals surface area (Å²) in [6.45, 7) is 3.15. The lowest BCUT2D eigenvalue weighted by atomic mass is 10.4. The minimum Gasteiger partial charge on any atom is -0.212 e. The summed E-state index contributed by atoms with van der Waals surface area (Å²) in [5, 5.41) is 0. The standard InChI is InChI=1S/C6H13NO2S/c1-2-10(8,9)7-5-3-4-6-7/h2-6H2,1H3. The van der Waals surface area contributed by atoms with Gasteiger partial charge in [0.2, 0.25) is 10.0 Å². The Labute approximate surface area is 62.1 Å². The van der Waals surface area contributed by atoms with Crippen LogP contribution in [0.15, 0.2) is 0 Å². The van der Waals surface area contributed by atoms with E-state index in [2.05, 4.69) is 0 Å². The van der Waals surface area contributed by atoms with Crippen molar-refractivity contribution < 1.29 is 8.42 Å². The second-order valence-electron chi connectivity index (χ2n) is 2.51. The molecule has 1 aliphatic rings. The van der Waals surface area contributed by atoms with E-state index >= 15 is 0 Å². The summed E-state index contributed by atoms with van der Waals surface area (Å²) < 4.78 is 23.8. The van der Waals surface area contributed by atoms with E-state index in [1.54, 1.807) is 11.2 Å². The van der Waals surface area contributed by atoms with E-state index in [4.69, 9.17) is 0 Å². The third-order valence-electron chi connectivity index (χ3n) is 1.82. The minimum atomic E-state index is -2.86. The number of nitrogens with zero attached hydrogens (tertiary/aromatic N) is 1. The first-order valence-corrected chi connectivity index (χ1v) is 5.25. The molecule has 3 nitrogen and oxygen atoms in total. The van der Waals surface area contributed by atoms with Gasteiger partial charge in [-0.3, -0.25) is 0 Å². The molecule has 1 fully saturated rings. The maximum Gasteiger partial charge on any atom is 0.213 e. The molecule has 1 heterocycles. The Morgan fingerprint density at radius 2 is 1.80 bits per heavy atom. The van der Waals surface area contributed by atoms with Crippen LogP contribution in [-0.4, -0.2) is 31.6 Å². The van der Waals surface area contributed by atoms with Crippen LogP contribution in [0, 0.1) is 0 Å². The average molecular weight is 163 g/mol. The van der Waals surface area contributed by atoms with Crippen molar-refractivity contribution in [1.82, 2.24) is 4.31 Å². The van der Waals surface area contributed by atoms with E-state index in [0.717, 1.165) is 25.9 Å². The van der Waals surface area contributed by atoms with Gasteiger partial charge in [-0.25, -0.2) is 12.7 Å². The largest absolute Gasteiger partial charge is 0.213 e. The smallest absolute Gasteiger partial charge is 0.212 e. The lowest BCUT2D eigenvalue weighted by molar-refractivity contribution is 0.478. The van der Waals surface area contributed by atoms with E-state index in [1.165, 1.54) is 0 Å². The summed E-state index contributed by atoms with van der Waals surface area (Å²) in [7, 11) is -2.86. The zero-order chi connectivity index (χ0) is 7.61. The van der Waals surface area contributed by atoms with Crippen molar-refractivity contribution >= 4 is 10.0 Å². The molecule has 10 heavy (non-hydrogen) atoms. The molecule has 0 aromatic heterocycles. The molecule has 0 aromatic carbocycles. The van der Waals surface area contributed by atoms with Crippen molar-refractivity contribution in [3.8, 4) is 0 Å². The Balaban J connectivity index is 2.63. The molecule has 0 unspecified atom stereocenters. The van der Waals surface area contributed by atoms with Gasteiger partial charge in [0.15, 0.2) is 0 Å². The van der Waals surface area contributed by atoms with E-state index < -0.39 is 10.0 Å². The van der Waals surface area contributed by atoms with Crippen molar-refractivity contribution in [1.29, 1.82) is 0 Å².